The Balaban J connectivity index is 1.40. The average molecular weight is 431 g/mol. The number of nitrogens with zero attached hydrogens (tertiary/aromatic N) is 3. The second-order valence-electron chi connectivity index (χ2n) is 9.13. The van der Waals surface area contributed by atoms with Gasteiger partial charge in [-0.25, -0.2) is 14.6 Å². The number of hydrogen-bond acceptors (Lipinski definition) is 6. The summed E-state index contributed by atoms with van der Waals surface area (Å²) in [7, 11) is 1.75. The van der Waals surface area contributed by atoms with Gasteiger partial charge in [0, 0.05) is 19.0 Å². The molecule has 0 radical (unpaired) electrons. The summed E-state index contributed by atoms with van der Waals surface area (Å²) in [5.41, 5.74) is 1.50. The van der Waals surface area contributed by atoms with Crippen molar-refractivity contribution < 1.29 is 19.1 Å². The topological polar surface area (TPSA) is 84.0 Å². The predicted molar refractivity (Wildman–Crippen MR) is 114 cm³/mol. The van der Waals surface area contributed by atoms with Crippen LogP contribution in [0.15, 0.2) is 12.1 Å². The highest BCUT2D eigenvalue weighted by Gasteiger charge is 2.51. The maximum Gasteiger partial charge on any atom is 0.410 e. The van der Waals surface area contributed by atoms with Crippen molar-refractivity contribution in [3.63, 3.8) is 0 Å². The van der Waals surface area contributed by atoms with Gasteiger partial charge in [0.1, 0.15) is 11.4 Å². The van der Waals surface area contributed by atoms with Gasteiger partial charge in [-0.3, -0.25) is 4.90 Å². The number of anilines is 1. The van der Waals surface area contributed by atoms with Gasteiger partial charge in [0.05, 0.1) is 34.9 Å². The van der Waals surface area contributed by atoms with Crippen molar-refractivity contribution in [2.45, 2.75) is 63.8 Å². The second-order valence-corrected chi connectivity index (χ2v) is 10.1. The molecule has 9 heteroatoms. The third-order valence-electron chi connectivity index (χ3n) is 6.03. The molecule has 1 saturated carbocycles. The standard InChI is InChI=1S/C21H26N4O4S/c1-21(2,3)29-20(27)24(4)12-5-6-13-17(12)22-18(26)25(13)19-23-16-11-9-10-28-14(11)7-8-15(16)30-19/h7-8,12-13,17H,5-6,9-10H2,1-4H3,(H,22,26)/t12-,13-,17+/m1/s1. The Labute approximate surface area is 179 Å². The van der Waals surface area contributed by atoms with Crippen LogP contribution in [0.2, 0.25) is 0 Å². The van der Waals surface area contributed by atoms with E-state index in [1.54, 1.807) is 16.8 Å². The molecule has 3 heterocycles. The quantitative estimate of drug-likeness (QED) is 0.788. The van der Waals surface area contributed by atoms with Crippen LogP contribution in [0.1, 0.15) is 39.2 Å². The lowest BCUT2D eigenvalue weighted by atomic mass is 10.1. The van der Waals surface area contributed by atoms with E-state index >= 15 is 0 Å². The van der Waals surface area contributed by atoms with Crippen LogP contribution in [0.3, 0.4) is 0 Å². The molecule has 30 heavy (non-hydrogen) atoms. The molecule has 1 aromatic carbocycles. The highest BCUT2D eigenvalue weighted by molar-refractivity contribution is 7.22. The first-order chi connectivity index (χ1) is 14.2. The third kappa shape index (κ3) is 3.07. The van der Waals surface area contributed by atoms with Crippen LogP contribution in [-0.2, 0) is 11.2 Å². The summed E-state index contributed by atoms with van der Waals surface area (Å²) in [6.45, 7) is 6.23. The molecule has 2 aromatic rings. The summed E-state index contributed by atoms with van der Waals surface area (Å²) in [5.74, 6) is 0.892. The molecule has 2 aliphatic heterocycles. The highest BCUT2D eigenvalue weighted by Crippen LogP contribution is 2.41. The number of hydrogen-bond donors (Lipinski definition) is 1. The summed E-state index contributed by atoms with van der Waals surface area (Å²) >= 11 is 1.53. The first kappa shape index (κ1) is 19.4. The van der Waals surface area contributed by atoms with E-state index in [0.717, 1.165) is 40.8 Å². The molecule has 160 valence electrons. The minimum Gasteiger partial charge on any atom is -0.493 e. The number of carbonyl (C=O) groups excluding carboxylic acids is 2. The van der Waals surface area contributed by atoms with E-state index in [4.69, 9.17) is 14.5 Å². The Kier molecular flexibility index (Phi) is 4.36. The van der Waals surface area contributed by atoms with Crippen LogP contribution in [-0.4, -0.2) is 59.4 Å². The Morgan fingerprint density at radius 2 is 2.17 bits per heavy atom. The lowest BCUT2D eigenvalue weighted by Crippen LogP contribution is -2.49. The van der Waals surface area contributed by atoms with E-state index < -0.39 is 5.60 Å². The number of fused-ring (bicyclic) bond motifs is 4. The summed E-state index contributed by atoms with van der Waals surface area (Å²) in [5, 5.41) is 3.79. The normalized spacial score (nSPS) is 25.1. The zero-order chi connectivity index (χ0) is 21.2. The van der Waals surface area contributed by atoms with Gasteiger partial charge in [0.2, 0.25) is 0 Å². The summed E-state index contributed by atoms with van der Waals surface area (Å²) in [4.78, 5) is 33.7. The van der Waals surface area contributed by atoms with Gasteiger partial charge < -0.3 is 19.7 Å². The number of rotatable bonds is 2. The van der Waals surface area contributed by atoms with Gasteiger partial charge in [-0.15, -0.1) is 0 Å². The average Bonchev–Trinajstić information content (AvgIpc) is 3.40. The van der Waals surface area contributed by atoms with Crippen LogP contribution >= 0.6 is 11.3 Å². The van der Waals surface area contributed by atoms with Crippen LogP contribution in [0, 0.1) is 0 Å². The van der Waals surface area contributed by atoms with Crippen molar-refractivity contribution in [3.8, 4) is 5.75 Å². The molecular formula is C21H26N4O4S. The van der Waals surface area contributed by atoms with E-state index in [-0.39, 0.29) is 30.2 Å². The van der Waals surface area contributed by atoms with Crippen molar-refractivity contribution >= 4 is 38.8 Å². The molecule has 0 bridgehead atoms. The number of urea groups is 1. The molecule has 2 fully saturated rings. The van der Waals surface area contributed by atoms with E-state index in [1.807, 2.05) is 32.9 Å². The summed E-state index contributed by atoms with van der Waals surface area (Å²) < 4.78 is 12.2. The summed E-state index contributed by atoms with van der Waals surface area (Å²) in [6.07, 6.45) is 2.09. The zero-order valence-electron chi connectivity index (χ0n) is 17.6. The minimum absolute atomic E-state index is 0.0303. The number of ether oxygens (including phenoxy) is 2. The molecule has 1 saturated heterocycles. The molecule has 1 N–H and O–H groups in total. The smallest absolute Gasteiger partial charge is 0.410 e. The van der Waals surface area contributed by atoms with Crippen molar-refractivity contribution in [1.29, 1.82) is 0 Å². The third-order valence-corrected chi connectivity index (χ3v) is 7.05. The Hall–Kier alpha value is -2.55. The lowest BCUT2D eigenvalue weighted by molar-refractivity contribution is 0.0209. The number of carbonyl (C=O) groups is 2. The van der Waals surface area contributed by atoms with E-state index in [1.165, 1.54) is 11.3 Å². The van der Waals surface area contributed by atoms with E-state index in [9.17, 15) is 9.59 Å². The SMILES string of the molecule is CN(C(=O)OC(C)(C)C)[C@@H]1CC[C@@H]2[C@H]1NC(=O)N2c1nc2c3c(ccc2s1)OCC3. The molecule has 1 aromatic heterocycles. The first-order valence-electron chi connectivity index (χ1n) is 10.3. The number of aromatic nitrogens is 1. The van der Waals surface area contributed by atoms with Crippen molar-refractivity contribution in [3.05, 3.63) is 17.7 Å². The molecule has 8 nitrogen and oxygen atoms in total. The number of amides is 3. The molecule has 5 rings (SSSR count). The number of nitrogens with one attached hydrogen (secondary N) is 1. The Bertz CT molecular complexity index is 1030. The Morgan fingerprint density at radius 1 is 1.37 bits per heavy atom. The van der Waals surface area contributed by atoms with Gasteiger partial charge in [-0.05, 0) is 45.7 Å². The van der Waals surface area contributed by atoms with E-state index in [0.29, 0.717) is 11.7 Å². The van der Waals surface area contributed by atoms with Crippen molar-refractivity contribution in [1.82, 2.24) is 15.2 Å². The largest absolute Gasteiger partial charge is 0.493 e. The molecule has 3 atom stereocenters. The molecule has 3 aliphatic rings. The maximum atomic E-state index is 12.9. The van der Waals surface area contributed by atoms with Crippen LogP contribution in [0.5, 0.6) is 5.75 Å². The van der Waals surface area contributed by atoms with Crippen LogP contribution < -0.4 is 15.0 Å². The zero-order valence-corrected chi connectivity index (χ0v) is 18.4. The summed E-state index contributed by atoms with van der Waals surface area (Å²) in [6, 6.07) is 3.57. The molecular weight excluding hydrogens is 404 g/mol. The van der Waals surface area contributed by atoms with Gasteiger partial charge in [-0.1, -0.05) is 11.3 Å². The number of benzene rings is 1. The monoisotopic (exact) mass is 430 g/mol. The number of likely N-dealkylation sites (N-methyl/N-ethyl adjacent to an activating group) is 1. The highest BCUT2D eigenvalue weighted by atomic mass is 32.1. The molecule has 3 amide bonds. The molecule has 0 spiro atoms. The van der Waals surface area contributed by atoms with Crippen molar-refractivity contribution in [2.24, 2.45) is 0 Å². The van der Waals surface area contributed by atoms with E-state index in [2.05, 4.69) is 5.32 Å². The van der Waals surface area contributed by atoms with Gasteiger partial charge in [0.25, 0.3) is 0 Å². The first-order valence-corrected chi connectivity index (χ1v) is 11.2. The van der Waals surface area contributed by atoms with Crippen LogP contribution in [0.25, 0.3) is 10.2 Å². The second kappa shape index (κ2) is 6.73. The van der Waals surface area contributed by atoms with Crippen molar-refractivity contribution in [2.75, 3.05) is 18.6 Å². The fourth-order valence-electron chi connectivity index (χ4n) is 4.70. The fraction of sp³-hybridized carbons (Fsp3) is 0.571. The molecule has 1 aliphatic carbocycles. The van der Waals surface area contributed by atoms with Gasteiger partial charge in [0.15, 0.2) is 5.13 Å². The Morgan fingerprint density at radius 3 is 2.93 bits per heavy atom. The molecule has 0 unspecified atom stereocenters. The minimum atomic E-state index is -0.556. The van der Waals surface area contributed by atoms with Crippen LogP contribution in [0.4, 0.5) is 14.7 Å². The number of thiazole rings is 1. The van der Waals surface area contributed by atoms with Gasteiger partial charge >= 0.3 is 12.1 Å². The predicted octanol–water partition coefficient (Wildman–Crippen LogP) is 3.53. The lowest BCUT2D eigenvalue weighted by Gasteiger charge is -2.31. The fourth-order valence-corrected chi connectivity index (χ4v) is 5.75. The maximum absolute atomic E-state index is 12.9. The van der Waals surface area contributed by atoms with Gasteiger partial charge in [-0.2, -0.15) is 0 Å².